The molecule has 0 aliphatic rings. The number of hydrogen-bond acceptors (Lipinski definition) is 2. The van der Waals surface area contributed by atoms with E-state index in [0.717, 1.165) is 19.3 Å². The fourth-order valence-corrected chi connectivity index (χ4v) is 1.72. The van der Waals surface area contributed by atoms with Gasteiger partial charge in [0, 0.05) is 5.92 Å². The van der Waals surface area contributed by atoms with Gasteiger partial charge in [0.15, 0.2) is 0 Å². The molecule has 0 radical (unpaired) electrons. The van der Waals surface area contributed by atoms with Crippen molar-refractivity contribution in [3.8, 4) is 0 Å². The molecule has 0 aromatic heterocycles. The standard InChI is InChI=1S/C11H22N2OS/c1-5-8(4)9(14)13-11(6-2,7-3)10(12)15/h8H,5-7H2,1-4H3,(H2,12,15)(H,13,14). The van der Waals surface area contributed by atoms with Crippen molar-refractivity contribution in [3.05, 3.63) is 0 Å². The van der Waals surface area contributed by atoms with Crippen LogP contribution in [0.3, 0.4) is 0 Å². The molecular weight excluding hydrogens is 208 g/mol. The van der Waals surface area contributed by atoms with Crippen LogP contribution in [-0.2, 0) is 4.79 Å². The molecule has 1 atom stereocenters. The van der Waals surface area contributed by atoms with E-state index in [0.29, 0.717) is 4.99 Å². The molecule has 88 valence electrons. The summed E-state index contributed by atoms with van der Waals surface area (Å²) < 4.78 is 0. The fraction of sp³-hybridized carbons (Fsp3) is 0.818. The highest BCUT2D eigenvalue weighted by molar-refractivity contribution is 7.80. The predicted octanol–water partition coefficient (Wildman–Crippen LogP) is 1.99. The highest BCUT2D eigenvalue weighted by atomic mass is 32.1. The molecule has 0 fully saturated rings. The quantitative estimate of drug-likeness (QED) is 0.686. The lowest BCUT2D eigenvalue weighted by molar-refractivity contribution is -0.125. The number of carbonyl (C=O) groups excluding carboxylic acids is 1. The molecule has 4 heteroatoms. The molecule has 0 heterocycles. The average molecular weight is 230 g/mol. The first kappa shape index (κ1) is 14.4. The smallest absolute Gasteiger partial charge is 0.223 e. The van der Waals surface area contributed by atoms with Crippen LogP contribution >= 0.6 is 12.2 Å². The highest BCUT2D eigenvalue weighted by Gasteiger charge is 2.32. The maximum atomic E-state index is 11.8. The van der Waals surface area contributed by atoms with Gasteiger partial charge in [-0.1, -0.05) is 39.9 Å². The summed E-state index contributed by atoms with van der Waals surface area (Å²) >= 11 is 5.03. The summed E-state index contributed by atoms with van der Waals surface area (Å²) in [5.41, 5.74) is 5.20. The van der Waals surface area contributed by atoms with Gasteiger partial charge < -0.3 is 11.1 Å². The van der Waals surface area contributed by atoms with Crippen molar-refractivity contribution < 1.29 is 4.79 Å². The van der Waals surface area contributed by atoms with E-state index in [1.165, 1.54) is 0 Å². The van der Waals surface area contributed by atoms with E-state index >= 15 is 0 Å². The van der Waals surface area contributed by atoms with Crippen molar-refractivity contribution in [1.29, 1.82) is 0 Å². The minimum absolute atomic E-state index is 0.0109. The van der Waals surface area contributed by atoms with Crippen molar-refractivity contribution in [2.75, 3.05) is 0 Å². The summed E-state index contributed by atoms with van der Waals surface area (Å²) in [6.45, 7) is 7.87. The van der Waals surface area contributed by atoms with Gasteiger partial charge in [-0.05, 0) is 19.3 Å². The second kappa shape index (κ2) is 6.05. The Morgan fingerprint density at radius 1 is 1.40 bits per heavy atom. The molecule has 0 aromatic rings. The van der Waals surface area contributed by atoms with Gasteiger partial charge in [-0.15, -0.1) is 0 Å². The number of carbonyl (C=O) groups is 1. The molecule has 3 N–H and O–H groups in total. The van der Waals surface area contributed by atoms with Gasteiger partial charge >= 0.3 is 0 Å². The first-order valence-corrected chi connectivity index (χ1v) is 5.96. The van der Waals surface area contributed by atoms with Gasteiger partial charge in [0.2, 0.25) is 5.91 Å². The summed E-state index contributed by atoms with van der Waals surface area (Å²) in [6.07, 6.45) is 2.30. The third-order valence-electron chi connectivity index (χ3n) is 3.10. The van der Waals surface area contributed by atoms with Crippen LogP contribution < -0.4 is 11.1 Å². The summed E-state index contributed by atoms with van der Waals surface area (Å²) in [7, 11) is 0. The largest absolute Gasteiger partial charge is 0.391 e. The SMILES string of the molecule is CCC(C)C(=O)NC(CC)(CC)C(N)=S. The molecule has 15 heavy (non-hydrogen) atoms. The van der Waals surface area contributed by atoms with E-state index in [9.17, 15) is 4.79 Å². The normalized spacial score (nSPS) is 13.3. The third kappa shape index (κ3) is 3.45. The molecule has 0 aliphatic carbocycles. The minimum Gasteiger partial charge on any atom is -0.391 e. The number of hydrogen-bond donors (Lipinski definition) is 2. The van der Waals surface area contributed by atoms with E-state index in [4.69, 9.17) is 18.0 Å². The Kier molecular flexibility index (Phi) is 5.80. The minimum atomic E-state index is -0.504. The summed E-state index contributed by atoms with van der Waals surface area (Å²) in [6, 6.07) is 0. The molecule has 1 amide bonds. The van der Waals surface area contributed by atoms with Gasteiger partial charge in [-0.2, -0.15) is 0 Å². The van der Waals surface area contributed by atoms with Gasteiger partial charge in [-0.25, -0.2) is 0 Å². The molecule has 1 unspecified atom stereocenters. The Balaban J connectivity index is 4.69. The molecule has 0 saturated carbocycles. The Hall–Kier alpha value is -0.640. The number of amides is 1. The lowest BCUT2D eigenvalue weighted by Gasteiger charge is -2.32. The van der Waals surface area contributed by atoms with E-state index < -0.39 is 5.54 Å². The van der Waals surface area contributed by atoms with Crippen LogP contribution in [0.5, 0.6) is 0 Å². The van der Waals surface area contributed by atoms with E-state index in [2.05, 4.69) is 5.32 Å². The summed E-state index contributed by atoms with van der Waals surface area (Å²) in [5.74, 6) is 0.0471. The molecular formula is C11H22N2OS. The van der Waals surface area contributed by atoms with Crippen molar-refractivity contribution in [1.82, 2.24) is 5.32 Å². The molecule has 0 rings (SSSR count). The first-order chi connectivity index (χ1) is 6.93. The molecule has 0 spiro atoms. The Morgan fingerprint density at radius 3 is 2.13 bits per heavy atom. The zero-order valence-electron chi connectivity index (χ0n) is 10.1. The number of thiocarbonyl (C=S) groups is 1. The second-order valence-corrected chi connectivity index (χ2v) is 4.39. The molecule has 3 nitrogen and oxygen atoms in total. The molecule has 0 bridgehead atoms. The van der Waals surface area contributed by atoms with E-state index in [1.54, 1.807) is 0 Å². The zero-order valence-corrected chi connectivity index (χ0v) is 10.9. The van der Waals surface area contributed by atoms with Gasteiger partial charge in [0.25, 0.3) is 0 Å². The lowest BCUT2D eigenvalue weighted by atomic mass is 9.91. The number of nitrogens with two attached hydrogens (primary N) is 1. The van der Waals surface area contributed by atoms with Crippen LogP contribution in [0.4, 0.5) is 0 Å². The maximum absolute atomic E-state index is 11.8. The van der Waals surface area contributed by atoms with Gasteiger partial charge in [0.1, 0.15) is 0 Å². The van der Waals surface area contributed by atoms with Crippen molar-refractivity contribution in [2.45, 2.75) is 52.5 Å². The Morgan fingerprint density at radius 2 is 1.87 bits per heavy atom. The van der Waals surface area contributed by atoms with Gasteiger partial charge in [0.05, 0.1) is 10.5 Å². The van der Waals surface area contributed by atoms with Crippen LogP contribution in [0.25, 0.3) is 0 Å². The number of rotatable bonds is 6. The monoisotopic (exact) mass is 230 g/mol. The summed E-state index contributed by atoms with van der Waals surface area (Å²) in [4.78, 5) is 12.2. The van der Waals surface area contributed by atoms with Crippen LogP contribution in [0.2, 0.25) is 0 Å². The maximum Gasteiger partial charge on any atom is 0.223 e. The lowest BCUT2D eigenvalue weighted by Crippen LogP contribution is -2.57. The predicted molar refractivity (Wildman–Crippen MR) is 67.7 cm³/mol. The Bertz CT molecular complexity index is 237. The van der Waals surface area contributed by atoms with E-state index in [1.807, 2.05) is 27.7 Å². The second-order valence-electron chi connectivity index (χ2n) is 3.95. The zero-order chi connectivity index (χ0) is 12.1. The van der Waals surface area contributed by atoms with Gasteiger partial charge in [-0.3, -0.25) is 4.79 Å². The number of nitrogens with one attached hydrogen (secondary N) is 1. The fourth-order valence-electron chi connectivity index (χ4n) is 1.38. The average Bonchev–Trinajstić information content (AvgIpc) is 2.24. The van der Waals surface area contributed by atoms with Crippen molar-refractivity contribution in [3.63, 3.8) is 0 Å². The first-order valence-electron chi connectivity index (χ1n) is 5.55. The van der Waals surface area contributed by atoms with E-state index in [-0.39, 0.29) is 11.8 Å². The highest BCUT2D eigenvalue weighted by Crippen LogP contribution is 2.17. The molecule has 0 aliphatic heterocycles. The Labute approximate surface area is 97.8 Å². The molecule has 0 saturated heterocycles. The van der Waals surface area contributed by atoms with Crippen LogP contribution in [-0.4, -0.2) is 16.4 Å². The summed E-state index contributed by atoms with van der Waals surface area (Å²) in [5, 5.41) is 2.97. The third-order valence-corrected chi connectivity index (χ3v) is 3.49. The van der Waals surface area contributed by atoms with Crippen LogP contribution in [0.1, 0.15) is 47.0 Å². The van der Waals surface area contributed by atoms with Crippen LogP contribution in [0, 0.1) is 5.92 Å². The van der Waals surface area contributed by atoms with Crippen molar-refractivity contribution >= 4 is 23.1 Å². The topological polar surface area (TPSA) is 55.1 Å². The van der Waals surface area contributed by atoms with Crippen LogP contribution in [0.15, 0.2) is 0 Å². The molecule has 0 aromatic carbocycles. The van der Waals surface area contributed by atoms with Crippen molar-refractivity contribution in [2.24, 2.45) is 11.7 Å².